The Morgan fingerprint density at radius 2 is 2.15 bits per heavy atom. The normalized spacial score (nSPS) is 22.5. The molecule has 0 bridgehead atoms. The highest BCUT2D eigenvalue weighted by Gasteiger charge is 2.21. The smallest absolute Gasteiger partial charge is 0.270 e. The number of nitrogens with one attached hydrogen (secondary N) is 1. The molecule has 1 N–H and O–H groups in total. The highest BCUT2D eigenvalue weighted by Crippen LogP contribution is 2.27. The predicted octanol–water partition coefficient (Wildman–Crippen LogP) is 3.27. The lowest BCUT2D eigenvalue weighted by molar-refractivity contribution is -0.384. The average Bonchev–Trinajstić information content (AvgIpc) is 2.46. The molecule has 1 aromatic carbocycles. The van der Waals surface area contributed by atoms with Crippen LogP contribution in [-0.4, -0.2) is 18.1 Å². The summed E-state index contributed by atoms with van der Waals surface area (Å²) in [5.41, 5.74) is 0.957. The molecule has 0 radical (unpaired) electrons. The summed E-state index contributed by atoms with van der Waals surface area (Å²) >= 11 is 0. The first-order chi connectivity index (χ1) is 9.61. The molecule has 110 valence electrons. The molecule has 1 fully saturated rings. The van der Waals surface area contributed by atoms with Gasteiger partial charge in [-0.25, -0.2) is 0 Å². The minimum atomic E-state index is -0.369. The molecule has 1 aliphatic carbocycles. The van der Waals surface area contributed by atoms with E-state index < -0.39 is 0 Å². The van der Waals surface area contributed by atoms with E-state index >= 15 is 0 Å². The third kappa shape index (κ3) is 3.48. The van der Waals surface area contributed by atoms with Crippen LogP contribution in [0, 0.1) is 16.0 Å². The van der Waals surface area contributed by atoms with Crippen LogP contribution in [0.15, 0.2) is 18.2 Å². The van der Waals surface area contributed by atoms with Crippen LogP contribution < -0.4 is 10.1 Å². The summed E-state index contributed by atoms with van der Waals surface area (Å²) in [4.78, 5) is 10.5. The number of hydrogen-bond acceptors (Lipinski definition) is 4. The number of hydrogen-bond donors (Lipinski definition) is 1. The van der Waals surface area contributed by atoms with Crippen molar-refractivity contribution in [1.29, 1.82) is 0 Å². The maximum atomic E-state index is 10.9. The SMILES string of the molecule is COc1ccc([N+](=O)[O-])cc1CNC1CCCCC1C. The molecule has 2 atom stereocenters. The Hall–Kier alpha value is -1.62. The van der Waals surface area contributed by atoms with Gasteiger partial charge in [0.15, 0.2) is 0 Å². The van der Waals surface area contributed by atoms with E-state index in [0.29, 0.717) is 24.3 Å². The standard InChI is InChI=1S/C15H22N2O3/c1-11-5-3-4-6-14(11)16-10-12-9-13(17(18)19)7-8-15(12)20-2/h7-9,11,14,16H,3-6,10H2,1-2H3. The van der Waals surface area contributed by atoms with Gasteiger partial charge in [-0.1, -0.05) is 19.8 Å². The van der Waals surface area contributed by atoms with Gasteiger partial charge in [0, 0.05) is 30.3 Å². The van der Waals surface area contributed by atoms with E-state index in [2.05, 4.69) is 12.2 Å². The Bertz CT molecular complexity index is 476. The molecular weight excluding hydrogens is 256 g/mol. The maximum absolute atomic E-state index is 10.9. The van der Waals surface area contributed by atoms with Crippen molar-refractivity contribution >= 4 is 5.69 Å². The van der Waals surface area contributed by atoms with Crippen LogP contribution in [0.5, 0.6) is 5.75 Å². The van der Waals surface area contributed by atoms with E-state index in [1.54, 1.807) is 19.2 Å². The van der Waals surface area contributed by atoms with Crippen LogP contribution in [0.3, 0.4) is 0 Å². The van der Waals surface area contributed by atoms with Gasteiger partial charge in [-0.3, -0.25) is 10.1 Å². The topological polar surface area (TPSA) is 64.4 Å². The van der Waals surface area contributed by atoms with Gasteiger partial charge >= 0.3 is 0 Å². The molecule has 1 saturated carbocycles. The van der Waals surface area contributed by atoms with Crippen molar-refractivity contribution in [2.45, 2.75) is 45.2 Å². The van der Waals surface area contributed by atoms with Crippen molar-refractivity contribution in [3.63, 3.8) is 0 Å². The molecule has 0 aliphatic heterocycles. The molecule has 0 heterocycles. The van der Waals surface area contributed by atoms with Gasteiger partial charge < -0.3 is 10.1 Å². The van der Waals surface area contributed by atoms with Gasteiger partial charge in [-0.05, 0) is 24.8 Å². The summed E-state index contributed by atoms with van der Waals surface area (Å²) in [5, 5.41) is 14.4. The molecule has 0 spiro atoms. The van der Waals surface area contributed by atoms with Gasteiger partial charge in [0.2, 0.25) is 0 Å². The minimum absolute atomic E-state index is 0.110. The first-order valence-corrected chi connectivity index (χ1v) is 7.16. The molecule has 0 saturated heterocycles. The molecule has 20 heavy (non-hydrogen) atoms. The minimum Gasteiger partial charge on any atom is -0.496 e. The van der Waals surface area contributed by atoms with Crippen molar-refractivity contribution in [3.05, 3.63) is 33.9 Å². The van der Waals surface area contributed by atoms with Crippen molar-refractivity contribution in [2.75, 3.05) is 7.11 Å². The number of non-ortho nitro benzene ring substituents is 1. The summed E-state index contributed by atoms with van der Waals surface area (Å²) in [6, 6.07) is 5.23. The molecule has 1 aliphatic rings. The van der Waals surface area contributed by atoms with Gasteiger partial charge in [0.25, 0.3) is 5.69 Å². The van der Waals surface area contributed by atoms with Gasteiger partial charge in [-0.15, -0.1) is 0 Å². The zero-order valence-electron chi connectivity index (χ0n) is 12.1. The summed E-state index contributed by atoms with van der Waals surface area (Å²) in [6.07, 6.45) is 5.00. The molecule has 1 aromatic rings. The zero-order chi connectivity index (χ0) is 14.5. The van der Waals surface area contributed by atoms with E-state index in [4.69, 9.17) is 4.74 Å². The van der Waals surface area contributed by atoms with E-state index in [0.717, 1.165) is 5.56 Å². The van der Waals surface area contributed by atoms with Crippen LogP contribution in [0.25, 0.3) is 0 Å². The maximum Gasteiger partial charge on any atom is 0.270 e. The average molecular weight is 278 g/mol. The number of rotatable bonds is 5. The summed E-state index contributed by atoms with van der Waals surface area (Å²) < 4.78 is 5.28. The number of benzene rings is 1. The van der Waals surface area contributed by atoms with Crippen LogP contribution in [0.4, 0.5) is 5.69 Å². The monoisotopic (exact) mass is 278 g/mol. The van der Waals surface area contributed by atoms with Gasteiger partial charge in [0.05, 0.1) is 12.0 Å². The van der Waals surface area contributed by atoms with E-state index in [9.17, 15) is 10.1 Å². The van der Waals surface area contributed by atoms with E-state index in [-0.39, 0.29) is 10.6 Å². The van der Waals surface area contributed by atoms with Gasteiger partial charge in [-0.2, -0.15) is 0 Å². The Morgan fingerprint density at radius 3 is 2.80 bits per heavy atom. The lowest BCUT2D eigenvalue weighted by atomic mass is 9.86. The first kappa shape index (κ1) is 14.8. The van der Waals surface area contributed by atoms with Crippen molar-refractivity contribution in [3.8, 4) is 5.75 Å². The predicted molar refractivity (Wildman–Crippen MR) is 77.9 cm³/mol. The highest BCUT2D eigenvalue weighted by molar-refractivity contribution is 5.43. The van der Waals surface area contributed by atoms with E-state index in [1.165, 1.54) is 31.7 Å². The molecule has 0 aromatic heterocycles. The summed E-state index contributed by atoms with van der Waals surface area (Å²) in [7, 11) is 1.59. The number of ether oxygens (including phenoxy) is 1. The highest BCUT2D eigenvalue weighted by atomic mass is 16.6. The second-order valence-electron chi connectivity index (χ2n) is 5.50. The number of nitro groups is 1. The van der Waals surface area contributed by atoms with Crippen LogP contribution in [0.1, 0.15) is 38.2 Å². The fourth-order valence-corrected chi connectivity index (χ4v) is 2.88. The quantitative estimate of drug-likeness (QED) is 0.663. The lowest BCUT2D eigenvalue weighted by Gasteiger charge is -2.29. The van der Waals surface area contributed by atoms with Gasteiger partial charge in [0.1, 0.15) is 5.75 Å². The first-order valence-electron chi connectivity index (χ1n) is 7.16. The Kier molecular flexibility index (Phi) is 4.95. The van der Waals surface area contributed by atoms with E-state index in [1.807, 2.05) is 0 Å². The third-order valence-electron chi connectivity index (χ3n) is 4.14. The molecule has 5 heteroatoms. The molecule has 5 nitrogen and oxygen atoms in total. The summed E-state index contributed by atoms with van der Waals surface area (Å²) in [5.74, 6) is 1.36. The Labute approximate surface area is 119 Å². The largest absolute Gasteiger partial charge is 0.496 e. The second kappa shape index (κ2) is 6.70. The molecular formula is C15H22N2O3. The van der Waals surface area contributed by atoms with Crippen molar-refractivity contribution in [1.82, 2.24) is 5.32 Å². The van der Waals surface area contributed by atoms with Crippen LogP contribution in [0.2, 0.25) is 0 Å². The molecule has 2 rings (SSSR count). The lowest BCUT2D eigenvalue weighted by Crippen LogP contribution is -2.36. The fourth-order valence-electron chi connectivity index (χ4n) is 2.88. The van der Waals surface area contributed by atoms with Crippen molar-refractivity contribution in [2.24, 2.45) is 5.92 Å². The Morgan fingerprint density at radius 1 is 1.40 bits per heavy atom. The van der Waals surface area contributed by atoms with Crippen LogP contribution in [-0.2, 0) is 6.54 Å². The molecule has 0 amide bonds. The second-order valence-corrected chi connectivity index (χ2v) is 5.50. The Balaban J connectivity index is 2.07. The number of nitro benzene ring substituents is 1. The summed E-state index contributed by atoms with van der Waals surface area (Å²) in [6.45, 7) is 2.88. The zero-order valence-corrected chi connectivity index (χ0v) is 12.1. The number of methoxy groups -OCH3 is 1. The fraction of sp³-hybridized carbons (Fsp3) is 0.600. The van der Waals surface area contributed by atoms with Crippen LogP contribution >= 0.6 is 0 Å². The van der Waals surface area contributed by atoms with Crippen molar-refractivity contribution < 1.29 is 9.66 Å². The third-order valence-corrected chi connectivity index (χ3v) is 4.14. The molecule has 2 unspecified atom stereocenters. The number of nitrogens with zero attached hydrogens (tertiary/aromatic N) is 1.